The molecule has 1 amide bonds. The maximum atomic E-state index is 13.4. The number of ether oxygens (including phenoxy) is 3. The first-order valence-electron chi connectivity index (χ1n) is 28.6. The van der Waals surface area contributed by atoms with E-state index < -0.39 is 67.4 Å². The molecule has 8 unspecified atom stereocenters. The topological polar surface area (TPSA) is 175 Å². The van der Waals surface area contributed by atoms with Gasteiger partial charge in [-0.3, -0.25) is 9.59 Å². The van der Waals surface area contributed by atoms with Crippen LogP contribution in [0.15, 0.2) is 60.8 Å². The van der Waals surface area contributed by atoms with Crippen LogP contribution in [-0.2, 0) is 23.8 Å². The molecule has 8 atom stereocenters. The molecule has 70 heavy (non-hydrogen) atoms. The highest BCUT2D eigenvalue weighted by Crippen LogP contribution is 2.26. The van der Waals surface area contributed by atoms with E-state index in [-0.39, 0.29) is 19.4 Å². The minimum Gasteiger partial charge on any atom is -0.454 e. The van der Waals surface area contributed by atoms with Crippen LogP contribution in [0.2, 0.25) is 0 Å². The summed E-state index contributed by atoms with van der Waals surface area (Å²) in [6.45, 7) is 5.68. The Hall–Kier alpha value is -2.64. The molecule has 0 aromatic carbocycles. The molecule has 0 bridgehead atoms. The van der Waals surface area contributed by atoms with Crippen LogP contribution in [0.1, 0.15) is 239 Å². The lowest BCUT2D eigenvalue weighted by atomic mass is 9.99. The summed E-state index contributed by atoms with van der Waals surface area (Å²) in [4.78, 5) is 26.4. The zero-order chi connectivity index (χ0) is 51.1. The molecule has 0 aromatic rings. The highest BCUT2D eigenvalue weighted by molar-refractivity contribution is 5.80. The van der Waals surface area contributed by atoms with E-state index in [1.54, 1.807) is 6.08 Å². The minimum absolute atomic E-state index is 0.110. The van der Waals surface area contributed by atoms with Gasteiger partial charge in [0.1, 0.15) is 24.4 Å². The van der Waals surface area contributed by atoms with E-state index in [0.717, 1.165) is 103 Å². The van der Waals surface area contributed by atoms with Gasteiger partial charge in [-0.1, -0.05) is 210 Å². The Labute approximate surface area is 427 Å². The number of rotatable bonds is 47. The van der Waals surface area contributed by atoms with Crippen LogP contribution in [0.4, 0.5) is 0 Å². The van der Waals surface area contributed by atoms with Crippen LogP contribution < -0.4 is 5.32 Å². The zero-order valence-electron chi connectivity index (χ0n) is 44.6. The second-order valence-electron chi connectivity index (χ2n) is 19.7. The van der Waals surface area contributed by atoms with Crippen LogP contribution in [0.25, 0.3) is 0 Å². The first-order chi connectivity index (χ1) is 34.2. The van der Waals surface area contributed by atoms with Crippen molar-refractivity contribution in [1.29, 1.82) is 0 Å². The summed E-state index contributed by atoms with van der Waals surface area (Å²) in [5.74, 6) is -1.22. The van der Waals surface area contributed by atoms with Crippen molar-refractivity contribution in [1.82, 2.24) is 5.32 Å². The molecular weight excluding hydrogens is 883 g/mol. The molecule has 11 heteroatoms. The van der Waals surface area contributed by atoms with Crippen molar-refractivity contribution in [3.05, 3.63) is 60.8 Å². The largest absolute Gasteiger partial charge is 0.454 e. The van der Waals surface area contributed by atoms with E-state index >= 15 is 0 Å². The lowest BCUT2D eigenvalue weighted by molar-refractivity contribution is -0.305. The molecule has 0 saturated carbocycles. The molecule has 406 valence electrons. The molecule has 1 rings (SSSR count). The summed E-state index contributed by atoms with van der Waals surface area (Å²) in [6.07, 6.45) is 46.9. The van der Waals surface area contributed by atoms with Crippen LogP contribution in [0.5, 0.6) is 0 Å². The maximum absolute atomic E-state index is 13.4. The molecule has 1 aliphatic heterocycles. The van der Waals surface area contributed by atoms with Crippen LogP contribution in [-0.4, -0.2) is 99.6 Å². The third-order valence-electron chi connectivity index (χ3n) is 13.1. The number of amides is 1. The first kappa shape index (κ1) is 65.4. The Morgan fingerprint density at radius 3 is 1.56 bits per heavy atom. The fraction of sp³-hybridized carbons (Fsp3) is 0.797. The summed E-state index contributed by atoms with van der Waals surface area (Å²) in [5.41, 5.74) is 0. The van der Waals surface area contributed by atoms with Crippen molar-refractivity contribution in [3.8, 4) is 0 Å². The molecular formula is C59H105NO10. The van der Waals surface area contributed by atoms with Gasteiger partial charge in [-0.2, -0.15) is 0 Å². The third-order valence-corrected chi connectivity index (χ3v) is 13.1. The summed E-state index contributed by atoms with van der Waals surface area (Å²) in [6, 6.07) is -1.03. The maximum Gasteiger partial charge on any atom is 0.306 e. The molecule has 1 fully saturated rings. The van der Waals surface area contributed by atoms with Crippen molar-refractivity contribution in [2.24, 2.45) is 0 Å². The molecule has 0 radical (unpaired) electrons. The zero-order valence-corrected chi connectivity index (χ0v) is 44.6. The highest BCUT2D eigenvalue weighted by Gasteiger charge is 2.47. The molecule has 1 saturated heterocycles. The van der Waals surface area contributed by atoms with Gasteiger partial charge < -0.3 is 45.1 Å². The number of allylic oxidation sites excluding steroid dienone is 9. The van der Waals surface area contributed by atoms with Gasteiger partial charge in [0.25, 0.3) is 0 Å². The quantitative estimate of drug-likeness (QED) is 0.0196. The van der Waals surface area contributed by atoms with Gasteiger partial charge in [0.05, 0.1) is 25.4 Å². The Morgan fingerprint density at radius 1 is 0.557 bits per heavy atom. The SMILES string of the molecule is CCCC/C=C\CCCCCCCC(=O)OC1C(OCC(NC(=O)C(O)CCCCCCC/C=C\C/C=C\C/C=C\CCCCC)C(O)/C=C/CCCCCCCCCCCC)OC(CO)C(O)C1O. The predicted octanol–water partition coefficient (Wildman–Crippen LogP) is 12.7. The van der Waals surface area contributed by atoms with Crippen molar-refractivity contribution in [3.63, 3.8) is 0 Å². The van der Waals surface area contributed by atoms with E-state index in [4.69, 9.17) is 14.2 Å². The van der Waals surface area contributed by atoms with Gasteiger partial charge in [0.15, 0.2) is 12.4 Å². The van der Waals surface area contributed by atoms with E-state index in [9.17, 15) is 35.1 Å². The Balaban J connectivity index is 2.74. The number of carbonyl (C=O) groups is 2. The number of hydrogen-bond donors (Lipinski definition) is 6. The average molecular weight is 988 g/mol. The molecule has 0 aromatic heterocycles. The number of carbonyl (C=O) groups excluding carboxylic acids is 2. The number of aliphatic hydroxyl groups is 5. The van der Waals surface area contributed by atoms with Crippen molar-refractivity contribution < 1.29 is 49.3 Å². The number of aliphatic hydroxyl groups excluding tert-OH is 5. The van der Waals surface area contributed by atoms with Gasteiger partial charge in [-0.25, -0.2) is 0 Å². The Kier molecular flexibility index (Phi) is 44.2. The van der Waals surface area contributed by atoms with E-state index in [2.05, 4.69) is 74.7 Å². The summed E-state index contributed by atoms with van der Waals surface area (Å²) in [5, 5.41) is 56.7. The van der Waals surface area contributed by atoms with E-state index in [1.165, 1.54) is 89.9 Å². The van der Waals surface area contributed by atoms with Gasteiger partial charge in [-0.15, -0.1) is 0 Å². The highest BCUT2D eigenvalue weighted by atomic mass is 16.7. The van der Waals surface area contributed by atoms with Gasteiger partial charge in [0.2, 0.25) is 5.91 Å². The lowest BCUT2D eigenvalue weighted by Gasteiger charge is -2.41. The summed E-state index contributed by atoms with van der Waals surface area (Å²) in [7, 11) is 0. The Morgan fingerprint density at radius 2 is 1.00 bits per heavy atom. The van der Waals surface area contributed by atoms with Crippen molar-refractivity contribution in [2.75, 3.05) is 13.2 Å². The monoisotopic (exact) mass is 988 g/mol. The number of nitrogens with one attached hydrogen (secondary N) is 1. The van der Waals surface area contributed by atoms with Gasteiger partial charge in [0, 0.05) is 6.42 Å². The van der Waals surface area contributed by atoms with E-state index in [1.807, 2.05) is 6.08 Å². The number of unbranched alkanes of at least 4 members (excludes halogenated alkanes) is 25. The lowest BCUT2D eigenvalue weighted by Crippen LogP contribution is -2.61. The van der Waals surface area contributed by atoms with Crippen LogP contribution in [0, 0.1) is 0 Å². The normalized spacial score (nSPS) is 20.1. The third kappa shape index (κ3) is 35.5. The fourth-order valence-corrected chi connectivity index (χ4v) is 8.52. The van der Waals surface area contributed by atoms with Gasteiger partial charge in [-0.05, 0) is 83.5 Å². The molecule has 0 aliphatic carbocycles. The standard InChI is InChI=1S/C59H105NO10/c1-4-7-10-13-16-19-22-24-25-26-27-28-29-32-34-37-40-43-46-52(63)58(67)60-50(51(62)45-42-39-36-33-31-23-20-17-14-11-8-5-2)49-68-59-57(56(66)55(65)53(48-61)69-59)70-54(64)47-44-41-38-35-30-21-18-15-12-9-6-3/h15-16,18-19,24-25,27-28,42,45,50-53,55-57,59,61-63,65-66H,4-14,17,20-23,26,29-41,43-44,46-49H2,1-3H3,(H,60,67)/b18-15-,19-16-,25-24-,28-27-,45-42+. The summed E-state index contributed by atoms with van der Waals surface area (Å²) < 4.78 is 17.5. The average Bonchev–Trinajstić information content (AvgIpc) is 3.36. The van der Waals surface area contributed by atoms with Crippen LogP contribution >= 0.6 is 0 Å². The van der Waals surface area contributed by atoms with Gasteiger partial charge >= 0.3 is 5.97 Å². The fourth-order valence-electron chi connectivity index (χ4n) is 8.52. The number of hydrogen-bond acceptors (Lipinski definition) is 10. The van der Waals surface area contributed by atoms with E-state index in [0.29, 0.717) is 12.8 Å². The predicted molar refractivity (Wildman–Crippen MR) is 287 cm³/mol. The molecule has 1 heterocycles. The van der Waals surface area contributed by atoms with Crippen molar-refractivity contribution in [2.45, 2.75) is 288 Å². The van der Waals surface area contributed by atoms with Crippen molar-refractivity contribution >= 4 is 11.9 Å². The minimum atomic E-state index is -1.62. The number of esters is 1. The summed E-state index contributed by atoms with van der Waals surface area (Å²) >= 11 is 0. The molecule has 6 N–H and O–H groups in total. The Bertz CT molecular complexity index is 1370. The first-order valence-corrected chi connectivity index (χ1v) is 28.6. The smallest absolute Gasteiger partial charge is 0.306 e. The van der Waals surface area contributed by atoms with Crippen LogP contribution in [0.3, 0.4) is 0 Å². The molecule has 1 aliphatic rings. The molecule has 0 spiro atoms. The second kappa shape index (κ2) is 47.4. The molecule has 11 nitrogen and oxygen atoms in total. The second-order valence-corrected chi connectivity index (χ2v) is 19.7.